The molecule has 1 aromatic rings. The van der Waals surface area contributed by atoms with Gasteiger partial charge in [0.05, 0.1) is 13.2 Å². The van der Waals surface area contributed by atoms with E-state index in [0.29, 0.717) is 13.2 Å². The average molecular weight is 298 g/mol. The second-order valence-corrected chi connectivity index (χ2v) is 5.68. The van der Waals surface area contributed by atoms with Crippen LogP contribution in [0.2, 0.25) is 5.02 Å². The lowest BCUT2D eigenvalue weighted by atomic mass is 10.1. The van der Waals surface area contributed by atoms with E-state index in [0.717, 1.165) is 29.5 Å². The highest BCUT2D eigenvalue weighted by Gasteiger charge is 2.08. The maximum atomic E-state index is 5.97. The molecule has 0 aromatic heterocycles. The Hall–Kier alpha value is -0.770. The van der Waals surface area contributed by atoms with Gasteiger partial charge in [-0.2, -0.15) is 0 Å². The van der Waals surface area contributed by atoms with Gasteiger partial charge in [0.2, 0.25) is 0 Å². The Balaban J connectivity index is 1.53. The Kier molecular flexibility index (Phi) is 6.64. The van der Waals surface area contributed by atoms with Gasteiger partial charge in [0.15, 0.2) is 0 Å². The van der Waals surface area contributed by atoms with Gasteiger partial charge < -0.3 is 14.4 Å². The molecule has 0 amide bonds. The van der Waals surface area contributed by atoms with Crippen LogP contribution in [0.1, 0.15) is 24.8 Å². The topological polar surface area (TPSA) is 21.7 Å². The van der Waals surface area contributed by atoms with Gasteiger partial charge in [-0.3, -0.25) is 0 Å². The zero-order valence-electron chi connectivity index (χ0n) is 12.2. The molecule has 1 heterocycles. The molecule has 20 heavy (non-hydrogen) atoms. The van der Waals surface area contributed by atoms with Crippen LogP contribution in [0.4, 0.5) is 0 Å². The summed E-state index contributed by atoms with van der Waals surface area (Å²) in [6.45, 7) is 7.48. The van der Waals surface area contributed by atoms with E-state index in [9.17, 15) is 0 Å². The summed E-state index contributed by atoms with van der Waals surface area (Å²) < 4.78 is 11.3. The predicted octanol–water partition coefficient (Wildman–Crippen LogP) is 3.53. The maximum Gasteiger partial charge on any atom is 0.119 e. The Morgan fingerprint density at radius 1 is 1.10 bits per heavy atom. The van der Waals surface area contributed by atoms with E-state index in [-0.39, 0.29) is 0 Å². The summed E-state index contributed by atoms with van der Waals surface area (Å²) in [7, 11) is 0. The summed E-state index contributed by atoms with van der Waals surface area (Å²) in [6.07, 6.45) is 4.05. The first-order chi connectivity index (χ1) is 9.75. The van der Waals surface area contributed by atoms with Gasteiger partial charge in [-0.15, -0.1) is 0 Å². The molecule has 0 saturated carbocycles. The molecule has 0 bridgehead atoms. The van der Waals surface area contributed by atoms with Crippen molar-refractivity contribution < 1.29 is 9.47 Å². The fraction of sp³-hybridized carbons (Fsp3) is 0.625. The predicted molar refractivity (Wildman–Crippen MR) is 82.8 cm³/mol. The van der Waals surface area contributed by atoms with Crippen molar-refractivity contribution in [2.24, 2.45) is 0 Å². The van der Waals surface area contributed by atoms with Crippen molar-refractivity contribution >= 4 is 11.6 Å². The summed E-state index contributed by atoms with van der Waals surface area (Å²) in [5.41, 5.74) is 1.04. The molecule has 1 aromatic carbocycles. The first kappa shape index (κ1) is 15.6. The molecule has 0 atom stereocenters. The van der Waals surface area contributed by atoms with E-state index in [1.807, 2.05) is 25.1 Å². The van der Waals surface area contributed by atoms with E-state index >= 15 is 0 Å². The lowest BCUT2D eigenvalue weighted by Crippen LogP contribution is -2.32. The Morgan fingerprint density at radius 2 is 1.90 bits per heavy atom. The molecule has 0 unspecified atom stereocenters. The van der Waals surface area contributed by atoms with Gasteiger partial charge in [0.25, 0.3) is 0 Å². The van der Waals surface area contributed by atoms with Crippen molar-refractivity contribution in [2.75, 3.05) is 39.5 Å². The summed E-state index contributed by atoms with van der Waals surface area (Å²) >= 11 is 5.97. The number of aryl methyl sites for hydroxylation is 1. The lowest BCUT2D eigenvalue weighted by Gasteiger charge is -2.26. The molecule has 4 heteroatoms. The highest BCUT2D eigenvalue weighted by molar-refractivity contribution is 6.31. The van der Waals surface area contributed by atoms with E-state index in [1.54, 1.807) is 0 Å². The van der Waals surface area contributed by atoms with Crippen LogP contribution < -0.4 is 4.74 Å². The molecule has 0 aliphatic carbocycles. The first-order valence-electron chi connectivity index (χ1n) is 7.45. The van der Waals surface area contributed by atoms with Crippen LogP contribution in [0.5, 0.6) is 5.75 Å². The Bertz CT molecular complexity index is 405. The highest BCUT2D eigenvalue weighted by atomic mass is 35.5. The third kappa shape index (κ3) is 5.31. The fourth-order valence-corrected chi connectivity index (χ4v) is 2.52. The van der Waals surface area contributed by atoms with E-state index < -0.39 is 0 Å². The van der Waals surface area contributed by atoms with E-state index in [2.05, 4.69) is 4.90 Å². The number of piperidine rings is 1. The molecule has 1 saturated heterocycles. The molecule has 0 radical (unpaired) electrons. The minimum absolute atomic E-state index is 0.584. The minimum atomic E-state index is 0.584. The average Bonchev–Trinajstić information content (AvgIpc) is 2.47. The van der Waals surface area contributed by atoms with Crippen LogP contribution >= 0.6 is 11.6 Å². The molecule has 112 valence electrons. The normalized spacial score (nSPS) is 16.3. The van der Waals surface area contributed by atoms with E-state index in [4.69, 9.17) is 21.1 Å². The van der Waals surface area contributed by atoms with Gasteiger partial charge in [-0.25, -0.2) is 0 Å². The van der Waals surface area contributed by atoms with Crippen molar-refractivity contribution in [1.29, 1.82) is 0 Å². The molecule has 1 aliphatic heterocycles. The second kappa shape index (κ2) is 8.50. The van der Waals surface area contributed by atoms with Crippen molar-refractivity contribution in [3.63, 3.8) is 0 Å². The SMILES string of the molecule is Cc1cc(OCCOCCN2CCCCC2)ccc1Cl. The van der Waals surface area contributed by atoms with Crippen LogP contribution in [-0.2, 0) is 4.74 Å². The monoisotopic (exact) mass is 297 g/mol. The quantitative estimate of drug-likeness (QED) is 0.719. The summed E-state index contributed by atoms with van der Waals surface area (Å²) in [5.74, 6) is 0.853. The van der Waals surface area contributed by atoms with E-state index in [1.165, 1.54) is 32.4 Å². The summed E-state index contributed by atoms with van der Waals surface area (Å²) in [4.78, 5) is 2.48. The van der Waals surface area contributed by atoms with Crippen molar-refractivity contribution in [3.05, 3.63) is 28.8 Å². The Morgan fingerprint density at radius 3 is 2.65 bits per heavy atom. The zero-order valence-corrected chi connectivity index (χ0v) is 13.0. The molecule has 0 spiro atoms. The van der Waals surface area contributed by atoms with Crippen LogP contribution in [0.3, 0.4) is 0 Å². The minimum Gasteiger partial charge on any atom is -0.491 e. The van der Waals surface area contributed by atoms with Gasteiger partial charge in [-0.1, -0.05) is 18.0 Å². The smallest absolute Gasteiger partial charge is 0.119 e. The number of rotatable bonds is 7. The van der Waals surface area contributed by atoms with Crippen molar-refractivity contribution in [2.45, 2.75) is 26.2 Å². The van der Waals surface area contributed by atoms with Gasteiger partial charge in [0, 0.05) is 11.6 Å². The number of nitrogens with zero attached hydrogens (tertiary/aromatic N) is 1. The standard InChI is InChI=1S/C16H24ClNO2/c1-14-13-15(5-6-16(14)17)20-12-11-19-10-9-18-7-3-2-4-8-18/h5-6,13H,2-4,7-12H2,1H3. The molecule has 0 N–H and O–H groups in total. The van der Waals surface area contributed by atoms with Crippen molar-refractivity contribution in [3.8, 4) is 5.75 Å². The van der Waals surface area contributed by atoms with Crippen LogP contribution in [0.15, 0.2) is 18.2 Å². The zero-order chi connectivity index (χ0) is 14.2. The first-order valence-corrected chi connectivity index (χ1v) is 7.82. The number of likely N-dealkylation sites (tertiary alicyclic amines) is 1. The third-order valence-electron chi connectivity index (χ3n) is 3.63. The van der Waals surface area contributed by atoms with Crippen molar-refractivity contribution in [1.82, 2.24) is 4.90 Å². The summed E-state index contributed by atoms with van der Waals surface area (Å²) in [6, 6.07) is 5.71. The fourth-order valence-electron chi connectivity index (χ4n) is 2.40. The number of halogens is 1. The summed E-state index contributed by atoms with van der Waals surface area (Å²) in [5, 5.41) is 0.773. The largest absolute Gasteiger partial charge is 0.491 e. The number of benzene rings is 1. The number of ether oxygens (including phenoxy) is 2. The maximum absolute atomic E-state index is 5.97. The van der Waals surface area contributed by atoms with Crippen LogP contribution in [0.25, 0.3) is 0 Å². The lowest BCUT2D eigenvalue weighted by molar-refractivity contribution is 0.0750. The van der Waals surface area contributed by atoms with Crippen LogP contribution in [0, 0.1) is 6.92 Å². The number of hydrogen-bond donors (Lipinski definition) is 0. The Labute approximate surface area is 126 Å². The number of hydrogen-bond acceptors (Lipinski definition) is 3. The highest BCUT2D eigenvalue weighted by Crippen LogP contribution is 2.20. The molecular formula is C16H24ClNO2. The molecule has 3 nitrogen and oxygen atoms in total. The molecule has 1 aliphatic rings. The third-order valence-corrected chi connectivity index (χ3v) is 4.05. The molecule has 2 rings (SSSR count). The molecular weight excluding hydrogens is 274 g/mol. The van der Waals surface area contributed by atoms with Gasteiger partial charge in [-0.05, 0) is 56.6 Å². The second-order valence-electron chi connectivity index (χ2n) is 5.27. The van der Waals surface area contributed by atoms with Crippen LogP contribution in [-0.4, -0.2) is 44.4 Å². The molecule has 1 fully saturated rings. The van der Waals surface area contributed by atoms with Gasteiger partial charge >= 0.3 is 0 Å². The van der Waals surface area contributed by atoms with Gasteiger partial charge in [0.1, 0.15) is 12.4 Å².